The number of hydrogen-bond acceptors (Lipinski definition) is 8. The van der Waals surface area contributed by atoms with Gasteiger partial charge in [-0.05, 0) is 18.4 Å². The largest absolute Gasteiger partial charge is 0.463 e. The van der Waals surface area contributed by atoms with E-state index in [0.29, 0.717) is 23.7 Å². The Labute approximate surface area is 195 Å². The normalized spacial score (nSPS) is 21.9. The topological polar surface area (TPSA) is 180 Å². The van der Waals surface area contributed by atoms with E-state index in [1.54, 1.807) is 4.98 Å². The second-order valence-electron chi connectivity index (χ2n) is 8.26. The average molecular weight is 486 g/mol. The van der Waals surface area contributed by atoms with Gasteiger partial charge in [0.05, 0.1) is 6.20 Å². The smallest absolute Gasteiger partial charge is 0.330 e. The van der Waals surface area contributed by atoms with E-state index in [-0.39, 0.29) is 13.0 Å². The second kappa shape index (κ2) is 14.5. The highest BCUT2D eigenvalue weighted by atomic mass is 19.1. The lowest BCUT2D eigenvalue weighted by atomic mass is 10.1. The summed E-state index contributed by atoms with van der Waals surface area (Å²) in [6.45, 7) is 0.211. The van der Waals surface area contributed by atoms with Gasteiger partial charge in [0.1, 0.15) is 24.9 Å². The molecule has 190 valence electrons. The molecule has 0 unspecified atom stereocenters. The van der Waals surface area contributed by atoms with Crippen molar-refractivity contribution < 1.29 is 28.9 Å². The Morgan fingerprint density at radius 1 is 1.12 bits per heavy atom. The van der Waals surface area contributed by atoms with Crippen LogP contribution in [0.4, 0.5) is 4.39 Å². The Morgan fingerprint density at radius 2 is 1.74 bits per heavy atom. The maximum Gasteiger partial charge on any atom is 0.330 e. The minimum atomic E-state index is -1.59. The van der Waals surface area contributed by atoms with Crippen LogP contribution in [-0.4, -0.2) is 57.2 Å². The predicted octanol–water partition coefficient (Wildman–Crippen LogP) is 2.05. The summed E-state index contributed by atoms with van der Waals surface area (Å²) in [6.07, 6.45) is 4.15. The Kier molecular flexibility index (Phi) is 11.7. The molecule has 2 rings (SSSR count). The van der Waals surface area contributed by atoms with Crippen LogP contribution in [0.3, 0.4) is 0 Å². The number of aromatic nitrogens is 2. The standard InChI is InChI=1S/C21H32FN5O7/c22-14-12-27(21(32)25-19(14)31)20-18(30)17(29)15(34-20)13-33-16(28)10-8-6-4-2-1-3-5-7-9-11-24-26-23/h12,15,17-18,20,29-30H,1-11,13H2,(H,25,31,32)/t15-,17-,18-,20-/m1/s1. The van der Waals surface area contributed by atoms with Gasteiger partial charge in [-0.25, -0.2) is 4.79 Å². The van der Waals surface area contributed by atoms with Gasteiger partial charge in [0.25, 0.3) is 5.56 Å². The van der Waals surface area contributed by atoms with Gasteiger partial charge in [0, 0.05) is 17.9 Å². The van der Waals surface area contributed by atoms with Crippen LogP contribution in [0.25, 0.3) is 10.4 Å². The molecule has 1 aromatic rings. The number of halogens is 1. The predicted molar refractivity (Wildman–Crippen MR) is 118 cm³/mol. The minimum absolute atomic E-state index is 0.207. The van der Waals surface area contributed by atoms with Gasteiger partial charge in [-0.15, -0.1) is 0 Å². The lowest BCUT2D eigenvalue weighted by molar-refractivity contribution is -0.150. The SMILES string of the molecule is [N-]=[N+]=NCCCCCCCCCCCC(=O)OC[C@H]1O[C@@H](n2cc(F)c(=O)[nH]c2=O)[C@H](O)[C@@H]1O. The molecule has 0 aliphatic carbocycles. The van der Waals surface area contributed by atoms with Crippen LogP contribution >= 0.6 is 0 Å². The fourth-order valence-corrected chi connectivity index (χ4v) is 3.73. The highest BCUT2D eigenvalue weighted by Crippen LogP contribution is 2.28. The summed E-state index contributed by atoms with van der Waals surface area (Å²) in [5.74, 6) is -1.72. The van der Waals surface area contributed by atoms with Gasteiger partial charge in [-0.1, -0.05) is 50.1 Å². The van der Waals surface area contributed by atoms with Crippen LogP contribution < -0.4 is 11.2 Å². The third kappa shape index (κ3) is 8.56. The summed E-state index contributed by atoms with van der Waals surface area (Å²) in [5, 5.41) is 23.8. The first-order valence-corrected chi connectivity index (χ1v) is 11.5. The molecule has 1 fully saturated rings. The summed E-state index contributed by atoms with van der Waals surface area (Å²) in [7, 11) is 0. The van der Waals surface area contributed by atoms with E-state index in [0.717, 1.165) is 51.4 Å². The van der Waals surface area contributed by atoms with Gasteiger partial charge in [0.2, 0.25) is 5.82 Å². The summed E-state index contributed by atoms with van der Waals surface area (Å²) >= 11 is 0. The molecule has 34 heavy (non-hydrogen) atoms. The van der Waals surface area contributed by atoms with Crippen molar-refractivity contribution in [1.82, 2.24) is 9.55 Å². The Bertz CT molecular complexity index is 946. The van der Waals surface area contributed by atoms with E-state index < -0.39 is 47.6 Å². The molecule has 0 bridgehead atoms. The van der Waals surface area contributed by atoms with E-state index in [9.17, 15) is 29.0 Å². The maximum absolute atomic E-state index is 13.5. The average Bonchev–Trinajstić information content (AvgIpc) is 3.09. The van der Waals surface area contributed by atoms with Gasteiger partial charge in [-0.2, -0.15) is 4.39 Å². The first-order valence-electron chi connectivity index (χ1n) is 11.5. The van der Waals surface area contributed by atoms with E-state index >= 15 is 0 Å². The number of hydrogen-bond donors (Lipinski definition) is 3. The van der Waals surface area contributed by atoms with E-state index in [4.69, 9.17) is 15.0 Å². The lowest BCUT2D eigenvalue weighted by Crippen LogP contribution is -2.38. The van der Waals surface area contributed by atoms with Crippen molar-refractivity contribution in [3.63, 3.8) is 0 Å². The number of azide groups is 1. The van der Waals surface area contributed by atoms with Gasteiger partial charge >= 0.3 is 11.7 Å². The van der Waals surface area contributed by atoms with Crippen molar-refractivity contribution in [2.24, 2.45) is 5.11 Å². The third-order valence-electron chi connectivity index (χ3n) is 5.65. The fourth-order valence-electron chi connectivity index (χ4n) is 3.73. The molecule has 0 spiro atoms. The molecule has 2 heterocycles. The molecule has 4 atom stereocenters. The van der Waals surface area contributed by atoms with Gasteiger partial charge < -0.3 is 19.7 Å². The second-order valence-corrected chi connectivity index (χ2v) is 8.26. The number of aliphatic hydroxyl groups excluding tert-OH is 2. The molecule has 12 nitrogen and oxygen atoms in total. The summed E-state index contributed by atoms with van der Waals surface area (Å²) in [5.41, 5.74) is 5.97. The summed E-state index contributed by atoms with van der Waals surface area (Å²) < 4.78 is 24.6. The number of nitrogens with zero attached hydrogens (tertiary/aromatic N) is 4. The summed E-state index contributed by atoms with van der Waals surface area (Å²) in [6, 6.07) is 0. The zero-order valence-electron chi connectivity index (χ0n) is 19.0. The molecule has 0 amide bonds. The fraction of sp³-hybridized carbons (Fsp3) is 0.762. The Balaban J connectivity index is 1.60. The van der Waals surface area contributed by atoms with Crippen molar-refractivity contribution >= 4 is 5.97 Å². The molecule has 3 N–H and O–H groups in total. The number of ether oxygens (including phenoxy) is 2. The highest BCUT2D eigenvalue weighted by molar-refractivity contribution is 5.69. The van der Waals surface area contributed by atoms with E-state index in [1.165, 1.54) is 0 Å². The number of nitrogens with one attached hydrogen (secondary N) is 1. The van der Waals surface area contributed by atoms with Crippen molar-refractivity contribution in [2.45, 2.75) is 88.7 Å². The number of aromatic amines is 1. The van der Waals surface area contributed by atoms with Crippen LogP contribution in [0.5, 0.6) is 0 Å². The van der Waals surface area contributed by atoms with Crippen LogP contribution in [0.2, 0.25) is 0 Å². The highest BCUT2D eigenvalue weighted by Gasteiger charge is 2.44. The Hall–Kier alpha value is -2.73. The number of esters is 1. The first-order chi connectivity index (χ1) is 16.3. The molecule has 0 radical (unpaired) electrons. The van der Waals surface area contributed by atoms with Gasteiger partial charge in [0.15, 0.2) is 6.23 Å². The Morgan fingerprint density at radius 3 is 2.38 bits per heavy atom. The third-order valence-corrected chi connectivity index (χ3v) is 5.65. The molecule has 1 aliphatic heterocycles. The number of carbonyl (C=O) groups is 1. The van der Waals surface area contributed by atoms with E-state index in [2.05, 4.69) is 10.0 Å². The van der Waals surface area contributed by atoms with Crippen molar-refractivity contribution in [1.29, 1.82) is 0 Å². The molecule has 0 saturated carbocycles. The zero-order chi connectivity index (χ0) is 24.9. The van der Waals surface area contributed by atoms with Crippen LogP contribution in [0.1, 0.15) is 70.4 Å². The first kappa shape index (κ1) is 27.5. The maximum atomic E-state index is 13.5. The van der Waals surface area contributed by atoms with Crippen molar-refractivity contribution in [3.05, 3.63) is 43.3 Å². The van der Waals surface area contributed by atoms with Crippen molar-refractivity contribution in [3.8, 4) is 0 Å². The van der Waals surface area contributed by atoms with Crippen molar-refractivity contribution in [2.75, 3.05) is 13.2 Å². The molecule has 0 aromatic carbocycles. The quantitative estimate of drug-likeness (QED) is 0.112. The summed E-state index contributed by atoms with van der Waals surface area (Å²) in [4.78, 5) is 39.4. The molecular weight excluding hydrogens is 453 g/mol. The number of unbranched alkanes of at least 4 members (excludes halogenated alkanes) is 8. The molecular formula is C21H32FN5O7. The van der Waals surface area contributed by atoms with Crippen LogP contribution in [0, 0.1) is 5.82 Å². The van der Waals surface area contributed by atoms with Crippen LogP contribution in [0.15, 0.2) is 20.9 Å². The molecule has 13 heteroatoms. The zero-order valence-corrected chi connectivity index (χ0v) is 19.0. The molecule has 1 aliphatic rings. The molecule has 1 aromatic heterocycles. The monoisotopic (exact) mass is 485 g/mol. The number of aliphatic hydroxyl groups is 2. The minimum Gasteiger partial charge on any atom is -0.463 e. The number of carbonyl (C=O) groups excluding carboxylic acids is 1. The van der Waals surface area contributed by atoms with E-state index in [1.807, 2.05) is 0 Å². The number of rotatable bonds is 15. The molecule has 1 saturated heterocycles. The lowest BCUT2D eigenvalue weighted by Gasteiger charge is -2.16. The van der Waals surface area contributed by atoms with Gasteiger partial charge in [-0.3, -0.25) is 19.1 Å². The number of H-pyrrole nitrogens is 1. The van der Waals surface area contributed by atoms with Crippen LogP contribution in [-0.2, 0) is 14.3 Å².